The Balaban J connectivity index is 3.74. The highest BCUT2D eigenvalue weighted by molar-refractivity contribution is 14.2. The SMILES string of the molecule is CNc1cc(C)n(SI)c(C(=O)/C(C#N)=C/N(C)C)cccc1F. The Bertz CT molecular complexity index is 751. The summed E-state index contributed by atoms with van der Waals surface area (Å²) in [6.45, 7) is 1.77. The minimum absolute atomic E-state index is 0.00409. The highest BCUT2D eigenvalue weighted by Crippen LogP contribution is 2.23. The molecule has 1 aromatic rings. The summed E-state index contributed by atoms with van der Waals surface area (Å²) in [5.41, 5.74) is 1.24. The van der Waals surface area contributed by atoms with Crippen molar-refractivity contribution in [3.8, 4) is 6.07 Å². The van der Waals surface area contributed by atoms with E-state index in [2.05, 4.69) is 5.32 Å². The normalized spacial score (nSPS) is 10.6. The number of nitrogens with zero attached hydrogens (tertiary/aromatic N) is 3. The van der Waals surface area contributed by atoms with E-state index in [1.54, 1.807) is 43.0 Å². The van der Waals surface area contributed by atoms with Gasteiger partial charge in [-0.15, -0.1) is 0 Å². The lowest BCUT2D eigenvalue weighted by molar-refractivity contribution is 0.103. The van der Waals surface area contributed by atoms with Gasteiger partial charge in [-0.25, -0.2) is 4.39 Å². The van der Waals surface area contributed by atoms with E-state index < -0.39 is 11.6 Å². The predicted molar refractivity (Wildman–Crippen MR) is 105 cm³/mol. The molecule has 1 heterocycles. The summed E-state index contributed by atoms with van der Waals surface area (Å²) in [7, 11) is 6.36. The van der Waals surface area contributed by atoms with E-state index in [1.807, 2.05) is 27.3 Å². The zero-order valence-corrected chi connectivity index (χ0v) is 16.8. The Kier molecular flexibility index (Phi) is 8.07. The number of carbonyl (C=O) groups excluding carboxylic acids is 1. The zero-order chi connectivity index (χ0) is 18.3. The van der Waals surface area contributed by atoms with E-state index in [-0.39, 0.29) is 11.3 Å². The second-order valence-electron chi connectivity index (χ2n) is 5.02. The molecule has 0 saturated heterocycles. The number of aromatic nitrogens is 1. The number of hydrogen-bond donors (Lipinski definition) is 1. The van der Waals surface area contributed by atoms with Crippen molar-refractivity contribution < 1.29 is 9.18 Å². The van der Waals surface area contributed by atoms with Gasteiger partial charge in [0.05, 0.1) is 5.69 Å². The lowest BCUT2D eigenvalue weighted by Gasteiger charge is -2.11. The fourth-order valence-electron chi connectivity index (χ4n) is 1.89. The monoisotopic (exact) mass is 460 g/mol. The molecule has 0 fully saturated rings. The number of allylic oxidation sites excluding steroid dienone is 1. The number of carbonyl (C=O) groups is 1. The average Bonchev–Trinajstić information content (AvgIpc) is 2.60. The summed E-state index contributed by atoms with van der Waals surface area (Å²) in [4.78, 5) is 14.4. The molecule has 0 unspecified atom stereocenters. The van der Waals surface area contributed by atoms with Crippen molar-refractivity contribution in [2.75, 3.05) is 26.5 Å². The second kappa shape index (κ2) is 9.54. The molecule has 1 N–H and O–H groups in total. The van der Waals surface area contributed by atoms with E-state index in [0.717, 1.165) is 0 Å². The third-order valence-corrected chi connectivity index (χ3v) is 4.77. The highest BCUT2D eigenvalue weighted by atomic mass is 127. The van der Waals surface area contributed by atoms with Crippen LogP contribution >= 0.6 is 30.3 Å². The fourth-order valence-corrected chi connectivity index (χ4v) is 3.84. The van der Waals surface area contributed by atoms with E-state index >= 15 is 0 Å². The highest BCUT2D eigenvalue weighted by Gasteiger charge is 2.16. The van der Waals surface area contributed by atoms with Gasteiger partial charge in [-0.1, -0.05) is 6.07 Å². The Hall–Kier alpha value is -1.73. The van der Waals surface area contributed by atoms with Crippen molar-refractivity contribution in [2.24, 2.45) is 0 Å². The van der Waals surface area contributed by atoms with Crippen LogP contribution in [0.25, 0.3) is 0 Å². The molecule has 128 valence electrons. The summed E-state index contributed by atoms with van der Waals surface area (Å²) in [5, 5.41) is 12.1. The van der Waals surface area contributed by atoms with Gasteiger partial charge >= 0.3 is 0 Å². The lowest BCUT2D eigenvalue weighted by atomic mass is 10.1. The summed E-state index contributed by atoms with van der Waals surface area (Å²) in [5.74, 6) is -0.870. The number of Topliss-reactive ketones (excluding diaryl/α,β-unsaturated/α-hetero) is 1. The molecule has 8 heteroatoms. The van der Waals surface area contributed by atoms with Gasteiger partial charge in [-0.05, 0) is 25.1 Å². The van der Waals surface area contributed by atoms with Crippen molar-refractivity contribution in [2.45, 2.75) is 6.92 Å². The molecular formula is C16H18FIN4OS. The molecule has 0 spiro atoms. The number of ketones is 1. The average molecular weight is 460 g/mol. The molecule has 5 nitrogen and oxygen atoms in total. The molecule has 0 radical (unpaired) electrons. The summed E-state index contributed by atoms with van der Waals surface area (Å²) in [6, 6.07) is 7.76. The van der Waals surface area contributed by atoms with Gasteiger partial charge in [0.25, 0.3) is 0 Å². The quantitative estimate of drug-likeness (QED) is 0.310. The van der Waals surface area contributed by atoms with E-state index in [0.29, 0.717) is 11.4 Å². The molecular weight excluding hydrogens is 442 g/mol. The maximum absolute atomic E-state index is 14.1. The van der Waals surface area contributed by atoms with E-state index in [9.17, 15) is 14.4 Å². The third kappa shape index (κ3) is 5.14. The standard InChI is InChI=1S/C16H18FIN4OS/c1-11-8-14(20-2)13(17)6-5-7-15(22(11)24-18)16(23)12(9-19)10-21(3)4/h5-8,10,20H,1-4H3/b6-5?,11-8?,12-10+,14-13?,15-7?. The minimum Gasteiger partial charge on any atom is -0.386 e. The van der Waals surface area contributed by atoms with Gasteiger partial charge in [0.1, 0.15) is 23.2 Å². The van der Waals surface area contributed by atoms with Crippen LogP contribution in [-0.2, 0) is 0 Å². The van der Waals surface area contributed by atoms with Gasteiger partial charge in [0.15, 0.2) is 0 Å². The molecule has 0 amide bonds. The molecule has 0 aliphatic carbocycles. The first-order chi connectivity index (χ1) is 11.3. The third-order valence-electron chi connectivity index (χ3n) is 2.97. The predicted octanol–water partition coefficient (Wildman–Crippen LogP) is 4.10. The molecule has 0 saturated carbocycles. The van der Waals surface area contributed by atoms with Gasteiger partial charge in [-0.3, -0.25) is 8.77 Å². The molecule has 0 bridgehead atoms. The topological polar surface area (TPSA) is 61.1 Å². The molecule has 0 aliphatic rings. The first kappa shape index (κ1) is 20.3. The van der Waals surface area contributed by atoms with Gasteiger partial charge in [0, 0.05) is 63.4 Å². The van der Waals surface area contributed by atoms with Crippen LogP contribution in [-0.4, -0.2) is 35.8 Å². The van der Waals surface area contributed by atoms with Crippen LogP contribution in [0.5, 0.6) is 0 Å². The largest absolute Gasteiger partial charge is 0.386 e. The van der Waals surface area contributed by atoms with Gasteiger partial charge < -0.3 is 10.2 Å². The Morgan fingerprint density at radius 1 is 1.50 bits per heavy atom. The maximum atomic E-state index is 14.1. The zero-order valence-electron chi connectivity index (χ0n) is 13.8. The molecule has 24 heavy (non-hydrogen) atoms. The van der Waals surface area contributed by atoms with E-state index in [1.165, 1.54) is 33.5 Å². The summed E-state index contributed by atoms with van der Waals surface area (Å²) >= 11 is 2.04. The van der Waals surface area contributed by atoms with Gasteiger partial charge in [0.2, 0.25) is 5.78 Å². The van der Waals surface area contributed by atoms with Crippen LogP contribution in [0.1, 0.15) is 16.2 Å². The second-order valence-corrected chi connectivity index (χ2v) is 6.70. The van der Waals surface area contributed by atoms with Gasteiger partial charge in [-0.2, -0.15) is 5.26 Å². The smallest absolute Gasteiger partial charge is 0.222 e. The molecule has 0 aromatic carbocycles. The number of rotatable bonds is 5. The number of nitriles is 1. The number of aryl methyl sites for hydroxylation is 1. The van der Waals surface area contributed by atoms with Crippen molar-refractivity contribution in [1.29, 1.82) is 5.26 Å². The van der Waals surface area contributed by atoms with Crippen LogP contribution < -0.4 is 5.32 Å². The fraction of sp³-hybridized carbons (Fsp3) is 0.250. The number of hydrogen-bond acceptors (Lipinski definition) is 5. The summed E-state index contributed by atoms with van der Waals surface area (Å²) in [6.07, 6.45) is 1.46. The van der Waals surface area contributed by atoms with Crippen molar-refractivity contribution in [1.82, 2.24) is 8.87 Å². The van der Waals surface area contributed by atoms with Crippen molar-refractivity contribution >= 4 is 41.8 Å². The number of halogens is 2. The Morgan fingerprint density at radius 3 is 2.67 bits per heavy atom. The van der Waals surface area contributed by atoms with Crippen molar-refractivity contribution in [3.05, 3.63) is 53.2 Å². The number of anilines is 1. The van der Waals surface area contributed by atoms with Crippen molar-refractivity contribution in [3.63, 3.8) is 0 Å². The van der Waals surface area contributed by atoms with Crippen LogP contribution in [0.2, 0.25) is 0 Å². The van der Waals surface area contributed by atoms with E-state index in [4.69, 9.17) is 0 Å². The van der Waals surface area contributed by atoms with Crippen LogP contribution in [0.15, 0.2) is 36.0 Å². The summed E-state index contributed by atoms with van der Waals surface area (Å²) < 4.78 is 15.7. The van der Waals surface area contributed by atoms with Crippen LogP contribution in [0, 0.1) is 24.1 Å². The first-order valence-corrected chi connectivity index (χ1v) is 10.2. The minimum atomic E-state index is -0.440. The molecule has 1 rings (SSSR count). The lowest BCUT2D eigenvalue weighted by Crippen LogP contribution is -2.12. The number of nitrogens with one attached hydrogen (secondary N) is 1. The first-order valence-electron chi connectivity index (χ1n) is 6.91. The van der Waals surface area contributed by atoms with Crippen LogP contribution in [0.3, 0.4) is 0 Å². The van der Waals surface area contributed by atoms with Crippen LogP contribution in [0.4, 0.5) is 10.1 Å². The Labute approximate surface area is 157 Å². The maximum Gasteiger partial charge on any atom is 0.222 e. The molecule has 0 atom stereocenters. The molecule has 1 aromatic heterocycles. The molecule has 0 aliphatic heterocycles. The Morgan fingerprint density at radius 2 is 2.17 bits per heavy atom.